The topological polar surface area (TPSA) is 76.7 Å². The van der Waals surface area contributed by atoms with Crippen LogP contribution in [0.3, 0.4) is 0 Å². The van der Waals surface area contributed by atoms with Gasteiger partial charge in [-0.15, -0.1) is 0 Å². The zero-order valence-corrected chi connectivity index (χ0v) is 7.92. The summed E-state index contributed by atoms with van der Waals surface area (Å²) in [5.74, 6) is -0.223. The Labute approximate surface area is 76.6 Å². The second-order valence-electron chi connectivity index (χ2n) is 2.40. The Morgan fingerprint density at radius 1 is 1.38 bits per heavy atom. The summed E-state index contributed by atoms with van der Waals surface area (Å²) in [4.78, 5) is 21.4. The van der Waals surface area contributed by atoms with Crippen LogP contribution in [0.4, 0.5) is 4.79 Å². The van der Waals surface area contributed by atoms with E-state index in [2.05, 4.69) is 20.1 Å². The summed E-state index contributed by atoms with van der Waals surface area (Å²) in [6.07, 6.45) is -1.09. The molecule has 0 aromatic carbocycles. The van der Waals surface area contributed by atoms with Crippen LogP contribution >= 0.6 is 0 Å². The molecule has 13 heavy (non-hydrogen) atoms. The highest BCUT2D eigenvalue weighted by Gasteiger charge is 2.07. The largest absolute Gasteiger partial charge is 0.422 e. The first-order valence-electron chi connectivity index (χ1n) is 3.75. The fourth-order valence-electron chi connectivity index (χ4n) is 0.672. The minimum Gasteiger partial charge on any atom is -0.422 e. The Kier molecular flexibility index (Phi) is 5.62. The Morgan fingerprint density at radius 2 is 2.00 bits per heavy atom. The molecule has 1 unspecified atom stereocenters. The monoisotopic (exact) mass is 190 g/mol. The van der Waals surface area contributed by atoms with Gasteiger partial charge in [-0.05, 0) is 6.92 Å². The molecule has 0 aromatic rings. The van der Waals surface area contributed by atoms with Gasteiger partial charge in [-0.25, -0.2) is 4.79 Å². The van der Waals surface area contributed by atoms with Gasteiger partial charge < -0.3 is 20.1 Å². The summed E-state index contributed by atoms with van der Waals surface area (Å²) in [5.41, 5.74) is 0. The first-order valence-corrected chi connectivity index (χ1v) is 3.75. The number of carbonyl (C=O) groups is 2. The molecule has 0 aliphatic rings. The molecule has 0 radical (unpaired) electrons. The molecule has 0 aliphatic carbocycles. The van der Waals surface area contributed by atoms with Crippen molar-refractivity contribution in [1.82, 2.24) is 10.6 Å². The van der Waals surface area contributed by atoms with Crippen molar-refractivity contribution >= 4 is 12.0 Å². The summed E-state index contributed by atoms with van der Waals surface area (Å²) in [6.45, 7) is 2.87. The van der Waals surface area contributed by atoms with Crippen LogP contribution in [0.5, 0.6) is 0 Å². The molecule has 0 heterocycles. The van der Waals surface area contributed by atoms with E-state index >= 15 is 0 Å². The van der Waals surface area contributed by atoms with Crippen molar-refractivity contribution in [3.63, 3.8) is 0 Å². The summed E-state index contributed by atoms with van der Waals surface area (Å²) >= 11 is 0. The average Bonchev–Trinajstić information content (AvgIpc) is 1.98. The Balaban J connectivity index is 3.59. The highest BCUT2D eigenvalue weighted by atomic mass is 16.7. The van der Waals surface area contributed by atoms with E-state index in [0.717, 1.165) is 0 Å². The van der Waals surface area contributed by atoms with Gasteiger partial charge in [0.2, 0.25) is 5.91 Å². The van der Waals surface area contributed by atoms with Gasteiger partial charge >= 0.3 is 6.09 Å². The summed E-state index contributed by atoms with van der Waals surface area (Å²) in [5, 5.41) is 4.83. The molecule has 2 N–H and O–H groups in total. The number of rotatable bonds is 4. The molecular weight excluding hydrogens is 176 g/mol. The van der Waals surface area contributed by atoms with Crippen molar-refractivity contribution in [1.29, 1.82) is 0 Å². The van der Waals surface area contributed by atoms with Gasteiger partial charge in [-0.1, -0.05) is 0 Å². The SMILES string of the molecule is COCOC(=O)NC(C)NC(C)=O. The Bertz CT molecular complexity index is 183. The lowest BCUT2D eigenvalue weighted by Gasteiger charge is -2.13. The van der Waals surface area contributed by atoms with E-state index in [4.69, 9.17) is 0 Å². The molecule has 76 valence electrons. The molecule has 0 fully saturated rings. The maximum atomic E-state index is 10.8. The van der Waals surface area contributed by atoms with Crippen LogP contribution in [0.15, 0.2) is 0 Å². The number of ether oxygens (including phenoxy) is 2. The van der Waals surface area contributed by atoms with Crippen molar-refractivity contribution in [2.75, 3.05) is 13.9 Å². The molecule has 6 nitrogen and oxygen atoms in total. The second kappa shape index (κ2) is 6.24. The summed E-state index contributed by atoms with van der Waals surface area (Å²) in [7, 11) is 1.41. The quantitative estimate of drug-likeness (QED) is 0.602. The number of hydrogen-bond donors (Lipinski definition) is 2. The molecule has 0 bridgehead atoms. The second-order valence-corrected chi connectivity index (χ2v) is 2.40. The molecule has 1 atom stereocenters. The molecule has 6 heteroatoms. The number of alkyl carbamates (subject to hydrolysis) is 1. The van der Waals surface area contributed by atoms with E-state index in [9.17, 15) is 9.59 Å². The Morgan fingerprint density at radius 3 is 2.46 bits per heavy atom. The van der Waals surface area contributed by atoms with Crippen molar-refractivity contribution in [2.45, 2.75) is 20.0 Å². The number of amides is 2. The predicted octanol–water partition coefficient (Wildman–Crippen LogP) is -0.201. The van der Waals surface area contributed by atoms with E-state index in [1.807, 2.05) is 0 Å². The van der Waals surface area contributed by atoms with Crippen molar-refractivity contribution < 1.29 is 19.1 Å². The fourth-order valence-corrected chi connectivity index (χ4v) is 0.672. The fraction of sp³-hybridized carbons (Fsp3) is 0.714. The first-order chi connectivity index (χ1) is 6.06. The number of hydrogen-bond acceptors (Lipinski definition) is 4. The minimum absolute atomic E-state index is 0.112. The van der Waals surface area contributed by atoms with E-state index in [1.165, 1.54) is 14.0 Å². The molecule has 0 aromatic heterocycles. The third kappa shape index (κ3) is 7.07. The standard InChI is InChI=1S/C7H14N2O4/c1-5(8-6(2)10)9-7(11)13-4-12-3/h5H,4H2,1-3H3,(H,8,10)(H,9,11). The van der Waals surface area contributed by atoms with Crippen LogP contribution in [0.2, 0.25) is 0 Å². The third-order valence-corrected chi connectivity index (χ3v) is 1.06. The molecule has 0 rings (SSSR count). The van der Waals surface area contributed by atoms with Crippen LogP contribution < -0.4 is 10.6 Å². The molecule has 0 aliphatic heterocycles. The lowest BCUT2D eigenvalue weighted by molar-refractivity contribution is -0.119. The number of methoxy groups -OCH3 is 1. The van der Waals surface area contributed by atoms with Crippen LogP contribution in [-0.2, 0) is 14.3 Å². The average molecular weight is 190 g/mol. The molecule has 0 saturated carbocycles. The summed E-state index contributed by atoms with van der Waals surface area (Å²) in [6, 6.07) is 0. The van der Waals surface area contributed by atoms with Gasteiger partial charge in [-0.3, -0.25) is 4.79 Å². The highest BCUT2D eigenvalue weighted by molar-refractivity contribution is 5.74. The van der Waals surface area contributed by atoms with Crippen LogP contribution in [-0.4, -0.2) is 32.1 Å². The van der Waals surface area contributed by atoms with E-state index in [-0.39, 0.29) is 12.7 Å². The number of carbonyl (C=O) groups excluding carboxylic acids is 2. The maximum absolute atomic E-state index is 10.8. The van der Waals surface area contributed by atoms with Crippen molar-refractivity contribution in [3.8, 4) is 0 Å². The highest BCUT2D eigenvalue weighted by Crippen LogP contribution is 1.81. The van der Waals surface area contributed by atoms with Gasteiger partial charge in [0.1, 0.15) is 6.17 Å². The molecule has 0 spiro atoms. The molecule has 0 saturated heterocycles. The lowest BCUT2D eigenvalue weighted by atomic mass is 10.5. The van der Waals surface area contributed by atoms with Gasteiger partial charge in [0, 0.05) is 14.0 Å². The minimum atomic E-state index is -0.636. The van der Waals surface area contributed by atoms with Crippen LogP contribution in [0.1, 0.15) is 13.8 Å². The maximum Gasteiger partial charge on any atom is 0.410 e. The summed E-state index contributed by atoms with van der Waals surface area (Å²) < 4.78 is 9.02. The molecular formula is C7H14N2O4. The zero-order chi connectivity index (χ0) is 10.3. The van der Waals surface area contributed by atoms with E-state index < -0.39 is 12.3 Å². The van der Waals surface area contributed by atoms with Crippen molar-refractivity contribution in [3.05, 3.63) is 0 Å². The lowest BCUT2D eigenvalue weighted by Crippen LogP contribution is -2.45. The van der Waals surface area contributed by atoms with E-state index in [0.29, 0.717) is 0 Å². The van der Waals surface area contributed by atoms with Gasteiger partial charge in [-0.2, -0.15) is 0 Å². The van der Waals surface area contributed by atoms with E-state index in [1.54, 1.807) is 6.92 Å². The predicted molar refractivity (Wildman–Crippen MR) is 44.8 cm³/mol. The van der Waals surface area contributed by atoms with Crippen LogP contribution in [0.25, 0.3) is 0 Å². The zero-order valence-electron chi connectivity index (χ0n) is 7.92. The van der Waals surface area contributed by atoms with Gasteiger partial charge in [0.15, 0.2) is 6.79 Å². The van der Waals surface area contributed by atoms with Crippen molar-refractivity contribution in [2.24, 2.45) is 0 Å². The number of nitrogens with one attached hydrogen (secondary N) is 2. The normalized spacial score (nSPS) is 11.6. The Hall–Kier alpha value is -1.30. The van der Waals surface area contributed by atoms with Crippen LogP contribution in [0, 0.1) is 0 Å². The van der Waals surface area contributed by atoms with Gasteiger partial charge in [0.05, 0.1) is 0 Å². The third-order valence-electron chi connectivity index (χ3n) is 1.06. The smallest absolute Gasteiger partial charge is 0.410 e. The molecule has 2 amide bonds. The van der Waals surface area contributed by atoms with Gasteiger partial charge in [0.25, 0.3) is 0 Å². The first kappa shape index (κ1) is 11.7.